The van der Waals surface area contributed by atoms with E-state index in [9.17, 15) is 116 Å². The number of amides is 19. The fraction of sp³-hybridized carbons (Fsp3) is 0.744. The Labute approximate surface area is 840 Å². The summed E-state index contributed by atoms with van der Waals surface area (Å²) in [5.41, 5.74) is 42.1. The quantitative estimate of drug-likeness (QED) is 0.0153. The van der Waals surface area contributed by atoms with Crippen molar-refractivity contribution in [3.8, 4) is 0 Å². The Hall–Kier alpha value is -13.0. The van der Waals surface area contributed by atoms with Gasteiger partial charge < -0.3 is 167 Å². The minimum Gasteiger partial charge on any atom is -0.481 e. The smallest absolute Gasteiger partial charge is 0.305 e. The molecule has 0 aliphatic rings. The van der Waals surface area contributed by atoms with Crippen molar-refractivity contribution in [2.75, 3.05) is 45.9 Å². The predicted octanol–water partition coefficient (Wildman–Crippen LogP) is -8.11. The monoisotopic (exact) mass is 2050 g/mol. The molecule has 0 heterocycles. The van der Waals surface area contributed by atoms with Crippen LogP contribution in [0.5, 0.6) is 0 Å². The predicted molar refractivity (Wildman–Crippen MR) is 530 cm³/mol. The van der Waals surface area contributed by atoms with Crippen molar-refractivity contribution in [1.82, 2.24) is 101 Å². The second kappa shape index (κ2) is 72.3. The molecule has 0 radical (unpaired) electrons. The summed E-state index contributed by atoms with van der Waals surface area (Å²) in [5, 5.41) is 111. The van der Waals surface area contributed by atoms with Crippen LogP contribution in [0.3, 0.4) is 0 Å². The summed E-state index contributed by atoms with van der Waals surface area (Å²) in [5.74, 6) is -24.5. The molecule has 0 aromatic rings. The Kier molecular flexibility index (Phi) is 65.8. The molecule has 0 aromatic heterocycles. The second-order valence-corrected chi connectivity index (χ2v) is 37.1. The Balaban J connectivity index is 7.04. The fourth-order valence-corrected chi connectivity index (χ4v) is 14.6. The first kappa shape index (κ1) is 131. The Bertz CT molecular complexity index is 4160. The maximum Gasteiger partial charge on any atom is 0.305 e. The molecule has 54 heteroatoms. The summed E-state index contributed by atoms with van der Waals surface area (Å²) in [7, 11) is 0. The third-order valence-corrected chi connectivity index (χ3v) is 22.5. The van der Waals surface area contributed by atoms with E-state index < -0.39 is 297 Å². The van der Waals surface area contributed by atoms with Gasteiger partial charge in [-0.2, -0.15) is 0 Å². The molecule has 0 fully saturated rings. The number of carboxylic acid groups (broad SMARTS) is 1. The second-order valence-electron chi connectivity index (χ2n) is 37.1. The van der Waals surface area contributed by atoms with Crippen LogP contribution in [-0.2, 0) is 95.9 Å². The highest BCUT2D eigenvalue weighted by molar-refractivity contribution is 6.02. The SMILES string of the molecule is CCCCCCCCCCCCCCCCNC(C(=O)NC(CC(N)=O)C(=O)NC(C)C(=O)NCC(=O)NC(CCCNC(=N)N)C(=O)NC(CO)C(=O)NC(CC(=O)O)C(=O)NC(C(=O)NC(CCCNC(=N)N)C(=O)NC(CCC(N)=O)C(=O)NC(CCC(N)=O)C(=O)NC(C)(C)C(=O)NC(CCCNC(=N)N)C(=O)NC(CCCCN)C(=O)NC(CC(C)C)C(=O)NC(CC(C)C)C(N)=O)C(C)O)C(C)O. The van der Waals surface area contributed by atoms with Crippen LogP contribution >= 0.6 is 0 Å². The van der Waals surface area contributed by atoms with Gasteiger partial charge in [-0.1, -0.05) is 118 Å². The van der Waals surface area contributed by atoms with Crippen LogP contribution in [0.25, 0.3) is 0 Å². The number of carbonyl (C=O) groups is 20. The number of aliphatic carboxylic acids is 1. The molecule has 0 spiro atoms. The van der Waals surface area contributed by atoms with Crippen LogP contribution in [0.1, 0.15) is 268 Å². The van der Waals surface area contributed by atoms with Crippen LogP contribution in [0.4, 0.5) is 0 Å². The standard InChI is InChI=1S/C90H166N30O24/c1-11-12-13-14-15-16-17-18-19-20-21-22-23-26-39-102-70(52(7)122)84(142)116-62(45-67(94)126)79(137)107-51(6)73(131)106-47-68(127)108-54(31-27-40-103-87(96)97)74(132)117-64(48-121)82(140)115-63(46-69(128)129)81(139)119-71(53(8)123)85(143)112-56(32-28-41-104-88(98)99)75(133)110-58(34-36-65(92)124)78(136)111-59(35-37-66(93)125)83(141)120-90(9,10)86(144)118-57(33-29-42-105-89(100)101)77(135)109-55(30-24-25-38-91)76(134)114-61(44-50(4)5)80(138)113-60(72(95)130)43-49(2)3/h49-64,70-71,102,121-123H,11-48,91H2,1-10H3,(H2,92,124)(H2,93,125)(H2,94,126)(H2,95,130)(H,106,131)(H,107,137)(H,108,127)(H,109,135)(H,110,133)(H,111,136)(H,112,143)(H,113,138)(H,114,134)(H,115,140)(H,116,142)(H,117,132)(H,118,144)(H,119,139)(H,120,141)(H,128,129)(H4,96,97,103)(H4,98,99,104)(H4,100,101,105). The topological polar surface area (TPSA) is 931 Å². The molecule has 0 bridgehead atoms. The summed E-state index contributed by atoms with van der Waals surface area (Å²) in [4.78, 5) is 273. The number of nitrogens with one attached hydrogen (secondary N) is 22. The fourth-order valence-electron chi connectivity index (χ4n) is 14.6. The summed E-state index contributed by atoms with van der Waals surface area (Å²) < 4.78 is 0. The molecule has 16 atom stereocenters. The minimum absolute atomic E-state index is 0.0192. The van der Waals surface area contributed by atoms with Gasteiger partial charge in [0, 0.05) is 32.5 Å². The zero-order valence-electron chi connectivity index (χ0n) is 84.8. The number of aliphatic hydroxyl groups is 3. The van der Waals surface area contributed by atoms with Gasteiger partial charge in [-0.3, -0.25) is 112 Å². The molecule has 0 saturated carbocycles. The summed E-state index contributed by atoms with van der Waals surface area (Å²) in [6.45, 7) is 13.2. The van der Waals surface area contributed by atoms with Gasteiger partial charge in [0.05, 0.1) is 38.2 Å². The van der Waals surface area contributed by atoms with Crippen LogP contribution in [0.2, 0.25) is 0 Å². The van der Waals surface area contributed by atoms with E-state index in [1.807, 2.05) is 19.2 Å². The van der Waals surface area contributed by atoms with Crippen molar-refractivity contribution in [1.29, 1.82) is 16.2 Å². The number of carboxylic acids is 1. The molecule has 0 aromatic carbocycles. The molecule has 16 unspecified atom stereocenters. The van der Waals surface area contributed by atoms with Gasteiger partial charge in [0.25, 0.3) is 0 Å². The highest BCUT2D eigenvalue weighted by Gasteiger charge is 2.41. The van der Waals surface area contributed by atoms with Crippen LogP contribution < -0.4 is 147 Å². The molecular weight excluding hydrogens is 1890 g/mol. The van der Waals surface area contributed by atoms with Gasteiger partial charge in [-0.15, -0.1) is 0 Å². The Morgan fingerprint density at radius 3 is 1.08 bits per heavy atom. The highest BCUT2D eigenvalue weighted by atomic mass is 16.4. The number of rotatable bonds is 80. The van der Waals surface area contributed by atoms with Crippen molar-refractivity contribution < 1.29 is 116 Å². The van der Waals surface area contributed by atoms with E-state index in [0.717, 1.165) is 39.0 Å². The lowest BCUT2D eigenvalue weighted by Crippen LogP contribution is -2.63. The van der Waals surface area contributed by atoms with E-state index in [1.165, 1.54) is 79.1 Å². The van der Waals surface area contributed by atoms with Crippen molar-refractivity contribution in [2.45, 2.75) is 371 Å². The van der Waals surface area contributed by atoms with Gasteiger partial charge >= 0.3 is 5.97 Å². The first-order valence-corrected chi connectivity index (χ1v) is 49.2. The molecule has 0 saturated heterocycles. The van der Waals surface area contributed by atoms with E-state index in [2.05, 4.69) is 103 Å². The molecule has 0 rings (SSSR count). The number of primary amides is 4. The molecule has 820 valence electrons. The van der Waals surface area contributed by atoms with Gasteiger partial charge in [-0.05, 0) is 149 Å². The van der Waals surface area contributed by atoms with Crippen LogP contribution in [-0.4, -0.2) is 305 Å². The largest absolute Gasteiger partial charge is 0.481 e. The van der Waals surface area contributed by atoms with E-state index in [4.69, 9.17) is 62.1 Å². The number of unbranched alkanes of at least 4 members (excludes halogenated alkanes) is 14. The number of hydrogen-bond donors (Lipinski definition) is 34. The highest BCUT2D eigenvalue weighted by Crippen LogP contribution is 2.18. The van der Waals surface area contributed by atoms with Crippen molar-refractivity contribution in [3.05, 3.63) is 0 Å². The average Bonchev–Trinajstić information content (AvgIpc) is 0.833. The van der Waals surface area contributed by atoms with Crippen LogP contribution in [0, 0.1) is 28.1 Å². The van der Waals surface area contributed by atoms with E-state index in [0.29, 0.717) is 19.4 Å². The Morgan fingerprint density at radius 1 is 0.326 bits per heavy atom. The molecule has 19 amide bonds. The zero-order chi connectivity index (χ0) is 109. The van der Waals surface area contributed by atoms with Crippen molar-refractivity contribution in [2.24, 2.45) is 57.7 Å². The minimum atomic E-state index is -2.26. The maximum absolute atomic E-state index is 14.6. The summed E-state index contributed by atoms with van der Waals surface area (Å²) >= 11 is 0. The average molecular weight is 2050 g/mol. The molecule has 54 nitrogen and oxygen atoms in total. The molecule has 0 aliphatic carbocycles. The third kappa shape index (κ3) is 58.6. The van der Waals surface area contributed by atoms with E-state index >= 15 is 0 Å². The number of nitrogens with two attached hydrogens (primary N) is 8. The molecule has 42 N–H and O–H groups in total. The van der Waals surface area contributed by atoms with Crippen molar-refractivity contribution >= 4 is 136 Å². The lowest BCUT2D eigenvalue weighted by molar-refractivity contribution is -0.142. The first-order chi connectivity index (χ1) is 67.6. The number of guanidine groups is 3. The summed E-state index contributed by atoms with van der Waals surface area (Å²) in [6, 6.07) is -23.5. The molecule has 0 aliphatic heterocycles. The number of carbonyl (C=O) groups excluding carboxylic acids is 19. The van der Waals surface area contributed by atoms with Gasteiger partial charge in [0.1, 0.15) is 90.1 Å². The molecular formula is C90H166N30O24. The zero-order valence-corrected chi connectivity index (χ0v) is 84.8. The lowest BCUT2D eigenvalue weighted by Gasteiger charge is -2.31. The normalized spacial score (nSPS) is 14.6. The van der Waals surface area contributed by atoms with E-state index in [-0.39, 0.29) is 95.8 Å². The first-order valence-electron chi connectivity index (χ1n) is 49.2. The van der Waals surface area contributed by atoms with Crippen molar-refractivity contribution in [3.63, 3.8) is 0 Å². The maximum atomic E-state index is 14.6. The van der Waals surface area contributed by atoms with Gasteiger partial charge in [0.15, 0.2) is 17.9 Å². The van der Waals surface area contributed by atoms with Crippen LogP contribution in [0.15, 0.2) is 0 Å². The Morgan fingerprint density at radius 2 is 0.667 bits per heavy atom. The van der Waals surface area contributed by atoms with Gasteiger partial charge in [-0.25, -0.2) is 0 Å². The number of hydrogen-bond acceptors (Lipinski definition) is 28. The molecule has 144 heavy (non-hydrogen) atoms. The van der Waals surface area contributed by atoms with Gasteiger partial charge in [0.2, 0.25) is 112 Å². The lowest BCUT2D eigenvalue weighted by atomic mass is 9.99. The van der Waals surface area contributed by atoms with E-state index in [1.54, 1.807) is 13.8 Å². The summed E-state index contributed by atoms with van der Waals surface area (Å²) in [6.07, 6.45) is 7.55. The number of aliphatic hydroxyl groups excluding tert-OH is 3. The third-order valence-electron chi connectivity index (χ3n) is 22.5.